The number of aromatic nitrogens is 4. The number of ether oxygens (including phenoxy) is 2. The number of anilines is 1. The first-order valence-electron chi connectivity index (χ1n) is 8.56. The highest BCUT2D eigenvalue weighted by atomic mass is 32.1. The molecule has 0 aliphatic heterocycles. The molecule has 9 heteroatoms. The molecule has 0 atom stereocenters. The fourth-order valence-electron chi connectivity index (χ4n) is 2.39. The number of thiophene rings is 1. The van der Waals surface area contributed by atoms with Gasteiger partial charge in [-0.2, -0.15) is 5.21 Å². The van der Waals surface area contributed by atoms with Gasteiger partial charge in [-0.15, -0.1) is 16.4 Å². The van der Waals surface area contributed by atoms with Crippen LogP contribution in [0.25, 0.3) is 10.4 Å². The minimum Gasteiger partial charge on any atom is -0.486 e. The lowest BCUT2D eigenvalue weighted by molar-refractivity contribution is 0.102. The van der Waals surface area contributed by atoms with E-state index in [0.717, 1.165) is 10.4 Å². The second-order valence-corrected chi connectivity index (χ2v) is 7.33. The zero-order valence-electron chi connectivity index (χ0n) is 15.5. The van der Waals surface area contributed by atoms with Crippen molar-refractivity contribution in [1.82, 2.24) is 20.6 Å². The topological polar surface area (TPSA) is 102 Å². The molecule has 0 fully saturated rings. The number of carbonyl (C=O) groups excluding carboxylic acids is 1. The monoisotopic (exact) mass is 387 g/mol. The maximum Gasteiger partial charge on any atom is 0.272 e. The average molecular weight is 387 g/mol. The van der Waals surface area contributed by atoms with E-state index in [-0.39, 0.29) is 24.1 Å². The molecule has 0 saturated heterocycles. The van der Waals surface area contributed by atoms with E-state index in [1.54, 1.807) is 0 Å². The van der Waals surface area contributed by atoms with Crippen molar-refractivity contribution < 1.29 is 14.3 Å². The Morgan fingerprint density at radius 2 is 1.74 bits per heavy atom. The van der Waals surface area contributed by atoms with Gasteiger partial charge in [0, 0.05) is 0 Å². The number of hydrogen-bond acceptors (Lipinski definition) is 7. The molecule has 0 aliphatic carbocycles. The summed E-state index contributed by atoms with van der Waals surface area (Å²) in [4.78, 5) is 14.1. The van der Waals surface area contributed by atoms with Crippen molar-refractivity contribution in [3.8, 4) is 21.9 Å². The molecule has 0 aliphatic rings. The summed E-state index contributed by atoms with van der Waals surface area (Å²) in [7, 11) is 0. The van der Waals surface area contributed by atoms with Crippen LogP contribution < -0.4 is 14.8 Å². The van der Waals surface area contributed by atoms with Crippen LogP contribution in [0.5, 0.6) is 11.5 Å². The van der Waals surface area contributed by atoms with Crippen molar-refractivity contribution in [2.24, 2.45) is 0 Å². The molecule has 0 radical (unpaired) electrons. The second kappa shape index (κ2) is 8.17. The molecule has 142 valence electrons. The van der Waals surface area contributed by atoms with Crippen molar-refractivity contribution in [3.63, 3.8) is 0 Å². The van der Waals surface area contributed by atoms with E-state index in [1.807, 2.05) is 58.0 Å². The Balaban J connectivity index is 2.10. The Labute approximate surface area is 160 Å². The highest BCUT2D eigenvalue weighted by Gasteiger charge is 2.28. The first kappa shape index (κ1) is 18.8. The lowest BCUT2D eigenvalue weighted by atomic mass is 10.1. The smallest absolute Gasteiger partial charge is 0.272 e. The maximum absolute atomic E-state index is 12.8. The summed E-state index contributed by atoms with van der Waals surface area (Å²) in [5.74, 6) is 0.695. The Hall–Kier alpha value is -2.94. The normalized spacial score (nSPS) is 11.0. The molecule has 0 saturated carbocycles. The number of aromatic amines is 1. The van der Waals surface area contributed by atoms with Crippen molar-refractivity contribution in [3.05, 3.63) is 35.2 Å². The van der Waals surface area contributed by atoms with Gasteiger partial charge in [0.05, 0.1) is 17.1 Å². The largest absolute Gasteiger partial charge is 0.486 e. The lowest BCUT2D eigenvalue weighted by Crippen LogP contribution is -2.15. The van der Waals surface area contributed by atoms with Crippen LogP contribution in [0.2, 0.25) is 0 Å². The summed E-state index contributed by atoms with van der Waals surface area (Å²) in [5.41, 5.74) is 0.949. The molecule has 3 rings (SSSR count). The van der Waals surface area contributed by atoms with E-state index in [9.17, 15) is 4.79 Å². The molecule has 8 nitrogen and oxygen atoms in total. The molecule has 2 heterocycles. The third-order valence-electron chi connectivity index (χ3n) is 3.34. The van der Waals surface area contributed by atoms with Crippen LogP contribution in [0.15, 0.2) is 30.3 Å². The fourth-order valence-corrected chi connectivity index (χ4v) is 3.46. The van der Waals surface area contributed by atoms with Gasteiger partial charge in [0.25, 0.3) is 11.9 Å². The highest BCUT2D eigenvalue weighted by molar-refractivity contribution is 7.18. The van der Waals surface area contributed by atoms with Crippen LogP contribution in [0.4, 0.5) is 5.95 Å². The quantitative estimate of drug-likeness (QED) is 0.640. The predicted molar refractivity (Wildman–Crippen MR) is 103 cm³/mol. The van der Waals surface area contributed by atoms with E-state index in [0.29, 0.717) is 16.4 Å². The van der Waals surface area contributed by atoms with Gasteiger partial charge in [0.2, 0.25) is 0 Å². The zero-order chi connectivity index (χ0) is 19.4. The molecular formula is C18H21N5O3S. The first-order chi connectivity index (χ1) is 13.0. The summed E-state index contributed by atoms with van der Waals surface area (Å²) >= 11 is 1.30. The molecule has 1 amide bonds. The highest BCUT2D eigenvalue weighted by Crippen LogP contribution is 2.49. The van der Waals surface area contributed by atoms with Crippen molar-refractivity contribution in [2.45, 2.75) is 39.9 Å². The van der Waals surface area contributed by atoms with Gasteiger partial charge < -0.3 is 9.47 Å². The molecule has 2 aromatic heterocycles. The number of tetrazole rings is 1. The summed E-state index contributed by atoms with van der Waals surface area (Å²) in [6.45, 7) is 7.68. The molecule has 0 unspecified atom stereocenters. The number of H-pyrrole nitrogens is 1. The second-order valence-electron chi connectivity index (χ2n) is 6.31. The summed E-state index contributed by atoms with van der Waals surface area (Å²) in [6.07, 6.45) is -0.209. The standard InChI is InChI=1S/C18H21N5O3S/c1-10(2)25-13-14(26-11(3)4)16(17(24)19-18-20-22-23-21-18)27-15(13)12-8-6-5-7-9-12/h5-11H,1-4H3,(H2,19,20,21,22,23,24). The number of nitrogens with one attached hydrogen (secondary N) is 2. The Kier molecular flexibility index (Phi) is 5.70. The maximum atomic E-state index is 12.8. The average Bonchev–Trinajstić information content (AvgIpc) is 3.24. The number of amides is 1. The summed E-state index contributed by atoms with van der Waals surface area (Å²) in [5, 5.41) is 15.9. The summed E-state index contributed by atoms with van der Waals surface area (Å²) in [6, 6.07) is 9.76. The number of benzene rings is 1. The molecule has 0 spiro atoms. The van der Waals surface area contributed by atoms with Crippen LogP contribution in [0.3, 0.4) is 0 Å². The van der Waals surface area contributed by atoms with E-state index in [4.69, 9.17) is 9.47 Å². The van der Waals surface area contributed by atoms with E-state index >= 15 is 0 Å². The molecular weight excluding hydrogens is 366 g/mol. The minimum atomic E-state index is -0.382. The zero-order valence-corrected chi connectivity index (χ0v) is 16.3. The van der Waals surface area contributed by atoms with Crippen molar-refractivity contribution in [1.29, 1.82) is 0 Å². The lowest BCUT2D eigenvalue weighted by Gasteiger charge is -2.16. The van der Waals surface area contributed by atoms with Crippen molar-refractivity contribution in [2.75, 3.05) is 5.32 Å². The van der Waals surface area contributed by atoms with Crippen LogP contribution in [-0.4, -0.2) is 38.7 Å². The Bertz CT molecular complexity index is 891. The third-order valence-corrected chi connectivity index (χ3v) is 4.54. The Morgan fingerprint density at radius 1 is 1.07 bits per heavy atom. The van der Waals surface area contributed by atoms with Crippen LogP contribution in [0, 0.1) is 0 Å². The first-order valence-corrected chi connectivity index (χ1v) is 9.37. The van der Waals surface area contributed by atoms with Gasteiger partial charge in [0.1, 0.15) is 4.88 Å². The minimum absolute atomic E-state index is 0.0790. The third kappa shape index (κ3) is 4.43. The molecule has 27 heavy (non-hydrogen) atoms. The van der Waals surface area contributed by atoms with E-state index in [1.165, 1.54) is 11.3 Å². The Morgan fingerprint density at radius 3 is 2.33 bits per heavy atom. The summed E-state index contributed by atoms with van der Waals surface area (Å²) < 4.78 is 12.0. The van der Waals surface area contributed by atoms with Gasteiger partial charge in [-0.1, -0.05) is 35.4 Å². The van der Waals surface area contributed by atoms with Crippen LogP contribution >= 0.6 is 11.3 Å². The fraction of sp³-hybridized carbons (Fsp3) is 0.333. The number of hydrogen-bond donors (Lipinski definition) is 2. The van der Waals surface area contributed by atoms with Crippen LogP contribution in [-0.2, 0) is 0 Å². The van der Waals surface area contributed by atoms with Gasteiger partial charge in [-0.05, 0) is 38.5 Å². The van der Waals surface area contributed by atoms with Crippen LogP contribution in [0.1, 0.15) is 37.4 Å². The van der Waals surface area contributed by atoms with Crippen molar-refractivity contribution >= 4 is 23.2 Å². The van der Waals surface area contributed by atoms with Gasteiger partial charge in [0.15, 0.2) is 11.5 Å². The van der Waals surface area contributed by atoms with E-state index < -0.39 is 0 Å². The SMILES string of the molecule is CC(C)Oc1c(C(=O)Nc2nn[nH]n2)sc(-c2ccccc2)c1OC(C)C. The molecule has 1 aromatic carbocycles. The van der Waals surface area contributed by atoms with E-state index in [2.05, 4.69) is 25.9 Å². The predicted octanol–water partition coefficient (Wildman–Crippen LogP) is 3.75. The molecule has 0 bridgehead atoms. The van der Waals surface area contributed by atoms with Gasteiger partial charge in [-0.25, -0.2) is 0 Å². The molecule has 2 N–H and O–H groups in total. The van der Waals surface area contributed by atoms with Gasteiger partial charge in [-0.3, -0.25) is 10.1 Å². The number of carbonyl (C=O) groups is 1. The number of nitrogens with zero attached hydrogens (tertiary/aromatic N) is 3. The number of rotatable bonds is 7. The van der Waals surface area contributed by atoms with Gasteiger partial charge >= 0.3 is 0 Å². The molecule has 3 aromatic rings.